The van der Waals surface area contributed by atoms with Crippen LogP contribution in [0.15, 0.2) is 29.0 Å². The SMILES string of the molecule is CCOC(=O)c1nocc1-c1ccc(Cl)cc1[N+](=O)[O-]. The molecular weight excluding hydrogens is 288 g/mol. The van der Waals surface area contributed by atoms with Crippen molar-refractivity contribution in [3.63, 3.8) is 0 Å². The number of ether oxygens (including phenoxy) is 1. The lowest BCUT2D eigenvalue weighted by Crippen LogP contribution is -2.06. The van der Waals surface area contributed by atoms with Crippen LogP contribution in [0.25, 0.3) is 11.1 Å². The highest BCUT2D eigenvalue weighted by Crippen LogP contribution is 2.34. The summed E-state index contributed by atoms with van der Waals surface area (Å²) in [5.41, 5.74) is 0.0130. The number of halogens is 1. The second-order valence-corrected chi connectivity index (χ2v) is 4.15. The Morgan fingerprint density at radius 2 is 2.25 bits per heavy atom. The Bertz CT molecular complexity index is 668. The molecule has 8 heteroatoms. The van der Waals surface area contributed by atoms with Crippen LogP contribution in [0.5, 0.6) is 0 Å². The summed E-state index contributed by atoms with van der Waals surface area (Å²) in [6.07, 6.45) is 1.16. The van der Waals surface area contributed by atoms with Crippen LogP contribution in [-0.4, -0.2) is 22.7 Å². The average Bonchev–Trinajstić information content (AvgIpc) is 2.88. The predicted molar refractivity (Wildman–Crippen MR) is 69.6 cm³/mol. The van der Waals surface area contributed by atoms with Crippen LogP contribution in [0.2, 0.25) is 5.02 Å². The van der Waals surface area contributed by atoms with E-state index in [1.165, 1.54) is 18.2 Å². The maximum absolute atomic E-state index is 11.7. The maximum atomic E-state index is 11.7. The van der Waals surface area contributed by atoms with Gasteiger partial charge in [-0.15, -0.1) is 0 Å². The molecule has 0 aliphatic heterocycles. The van der Waals surface area contributed by atoms with E-state index < -0.39 is 10.9 Å². The largest absolute Gasteiger partial charge is 0.461 e. The molecule has 7 nitrogen and oxygen atoms in total. The Hall–Kier alpha value is -2.41. The fourth-order valence-electron chi connectivity index (χ4n) is 1.66. The number of hydrogen-bond donors (Lipinski definition) is 0. The topological polar surface area (TPSA) is 95.5 Å². The number of aromatic nitrogens is 1. The average molecular weight is 297 g/mol. The minimum absolute atomic E-state index is 0.114. The Labute approximate surface area is 118 Å². The van der Waals surface area contributed by atoms with Gasteiger partial charge in [0.15, 0.2) is 5.69 Å². The van der Waals surface area contributed by atoms with Crippen molar-refractivity contribution < 1.29 is 19.0 Å². The van der Waals surface area contributed by atoms with Crippen LogP contribution in [0.1, 0.15) is 17.4 Å². The number of carbonyl (C=O) groups excluding carboxylic acids is 1. The Kier molecular flexibility index (Phi) is 3.99. The van der Waals surface area contributed by atoms with Crippen molar-refractivity contribution in [2.45, 2.75) is 6.92 Å². The molecule has 2 aromatic rings. The number of rotatable bonds is 4. The van der Waals surface area contributed by atoms with Gasteiger partial charge in [0.25, 0.3) is 5.69 Å². The number of nitro groups is 1. The van der Waals surface area contributed by atoms with Crippen molar-refractivity contribution in [1.29, 1.82) is 0 Å². The van der Waals surface area contributed by atoms with Gasteiger partial charge in [0, 0.05) is 11.1 Å². The number of hydrogen-bond acceptors (Lipinski definition) is 6. The van der Waals surface area contributed by atoms with Crippen LogP contribution in [0.4, 0.5) is 5.69 Å². The van der Waals surface area contributed by atoms with Gasteiger partial charge in [-0.1, -0.05) is 16.8 Å². The lowest BCUT2D eigenvalue weighted by molar-refractivity contribution is -0.384. The van der Waals surface area contributed by atoms with Gasteiger partial charge in [-0.3, -0.25) is 10.1 Å². The molecule has 0 unspecified atom stereocenters. The quantitative estimate of drug-likeness (QED) is 0.489. The van der Waals surface area contributed by atoms with E-state index in [1.807, 2.05) is 0 Å². The van der Waals surface area contributed by atoms with Gasteiger partial charge in [0.2, 0.25) is 0 Å². The number of nitrogens with zero attached hydrogens (tertiary/aromatic N) is 2. The van der Waals surface area contributed by atoms with Gasteiger partial charge in [0.1, 0.15) is 6.26 Å². The summed E-state index contributed by atoms with van der Waals surface area (Å²) in [7, 11) is 0. The summed E-state index contributed by atoms with van der Waals surface area (Å²) in [5, 5.41) is 14.8. The van der Waals surface area contributed by atoms with Gasteiger partial charge in [-0.05, 0) is 19.1 Å². The maximum Gasteiger partial charge on any atom is 0.361 e. The van der Waals surface area contributed by atoms with Gasteiger partial charge in [-0.2, -0.15) is 0 Å². The van der Waals surface area contributed by atoms with E-state index in [9.17, 15) is 14.9 Å². The molecule has 1 aromatic heterocycles. The first-order chi connectivity index (χ1) is 9.54. The molecule has 0 spiro atoms. The van der Waals surface area contributed by atoms with Gasteiger partial charge < -0.3 is 9.26 Å². The zero-order valence-electron chi connectivity index (χ0n) is 10.3. The highest BCUT2D eigenvalue weighted by molar-refractivity contribution is 6.31. The number of carbonyl (C=O) groups is 1. The summed E-state index contributed by atoms with van der Waals surface area (Å²) in [6, 6.07) is 4.10. The molecule has 0 radical (unpaired) electrons. The molecule has 0 aliphatic carbocycles. The zero-order chi connectivity index (χ0) is 14.7. The van der Waals surface area contributed by atoms with E-state index in [1.54, 1.807) is 6.92 Å². The summed E-state index contributed by atoms with van der Waals surface area (Å²) in [6.45, 7) is 1.80. The number of nitro benzene ring substituents is 1. The molecule has 0 bridgehead atoms. The molecule has 0 N–H and O–H groups in total. The van der Waals surface area contributed by atoms with Crippen LogP contribution >= 0.6 is 11.6 Å². The second kappa shape index (κ2) is 5.70. The standard InChI is InChI=1S/C12H9ClN2O5/c1-2-19-12(16)11-9(6-20-14-11)8-4-3-7(13)5-10(8)15(17)18/h3-6H,2H2,1H3. The fraction of sp³-hybridized carbons (Fsp3) is 0.167. The van der Waals surface area contributed by atoms with Crippen molar-refractivity contribution in [2.75, 3.05) is 6.61 Å². The summed E-state index contributed by atoms with van der Waals surface area (Å²) < 4.78 is 9.54. The molecule has 0 amide bonds. The summed E-state index contributed by atoms with van der Waals surface area (Å²) >= 11 is 5.74. The molecule has 1 heterocycles. The van der Waals surface area contributed by atoms with Crippen LogP contribution in [-0.2, 0) is 4.74 Å². The van der Waals surface area contributed by atoms with Crippen LogP contribution < -0.4 is 0 Å². The van der Waals surface area contributed by atoms with Crippen LogP contribution in [0.3, 0.4) is 0 Å². The smallest absolute Gasteiger partial charge is 0.361 e. The van der Waals surface area contributed by atoms with Crippen molar-refractivity contribution in [3.8, 4) is 11.1 Å². The molecule has 0 saturated heterocycles. The third-order valence-corrected chi connectivity index (χ3v) is 2.72. The van der Waals surface area contributed by atoms with Gasteiger partial charge in [-0.25, -0.2) is 4.79 Å². The van der Waals surface area contributed by atoms with E-state index >= 15 is 0 Å². The Morgan fingerprint density at radius 3 is 2.90 bits per heavy atom. The van der Waals surface area contributed by atoms with E-state index in [-0.39, 0.29) is 34.1 Å². The summed E-state index contributed by atoms with van der Waals surface area (Å²) in [4.78, 5) is 22.2. The molecular formula is C12H9ClN2O5. The minimum Gasteiger partial charge on any atom is -0.461 e. The van der Waals surface area contributed by atoms with Gasteiger partial charge in [0.05, 0.1) is 22.7 Å². The zero-order valence-corrected chi connectivity index (χ0v) is 11.1. The molecule has 2 rings (SSSR count). The number of esters is 1. The minimum atomic E-state index is -0.708. The molecule has 104 valence electrons. The Morgan fingerprint density at radius 1 is 1.50 bits per heavy atom. The molecule has 0 aliphatic rings. The molecule has 0 atom stereocenters. The normalized spacial score (nSPS) is 10.3. The van der Waals surface area contributed by atoms with Gasteiger partial charge >= 0.3 is 5.97 Å². The molecule has 20 heavy (non-hydrogen) atoms. The van der Waals surface area contributed by atoms with Crippen LogP contribution in [0, 0.1) is 10.1 Å². The predicted octanol–water partition coefficient (Wildman–Crippen LogP) is 3.08. The second-order valence-electron chi connectivity index (χ2n) is 3.72. The Balaban J connectivity index is 2.55. The van der Waals surface area contributed by atoms with E-state index in [2.05, 4.69) is 5.16 Å². The van der Waals surface area contributed by atoms with E-state index in [0.29, 0.717) is 0 Å². The van der Waals surface area contributed by atoms with E-state index in [4.69, 9.17) is 20.9 Å². The fourth-order valence-corrected chi connectivity index (χ4v) is 1.82. The number of benzene rings is 1. The van der Waals surface area contributed by atoms with Crippen molar-refractivity contribution in [3.05, 3.63) is 45.3 Å². The lowest BCUT2D eigenvalue weighted by atomic mass is 10.0. The third-order valence-electron chi connectivity index (χ3n) is 2.49. The lowest BCUT2D eigenvalue weighted by Gasteiger charge is -2.03. The van der Waals surface area contributed by atoms with Crippen molar-refractivity contribution >= 4 is 23.3 Å². The molecule has 0 fully saturated rings. The molecule has 0 saturated carbocycles. The highest BCUT2D eigenvalue weighted by Gasteiger charge is 2.25. The highest BCUT2D eigenvalue weighted by atomic mass is 35.5. The third kappa shape index (κ3) is 2.62. The van der Waals surface area contributed by atoms with E-state index in [0.717, 1.165) is 6.26 Å². The monoisotopic (exact) mass is 296 g/mol. The molecule has 1 aromatic carbocycles. The first-order valence-electron chi connectivity index (χ1n) is 5.60. The summed E-state index contributed by atoms with van der Waals surface area (Å²) in [5.74, 6) is -0.708. The first kappa shape index (κ1) is 14.0. The van der Waals surface area contributed by atoms with Crippen molar-refractivity contribution in [2.24, 2.45) is 0 Å². The van der Waals surface area contributed by atoms with Crippen molar-refractivity contribution in [1.82, 2.24) is 5.16 Å². The first-order valence-corrected chi connectivity index (χ1v) is 5.98.